The smallest absolute Gasteiger partial charge is 0.245 e. The minimum atomic E-state index is -0.0214. The van der Waals surface area contributed by atoms with Crippen LogP contribution in [-0.2, 0) is 4.79 Å². The maximum Gasteiger partial charge on any atom is 0.245 e. The predicted octanol–water partition coefficient (Wildman–Crippen LogP) is 1.24. The van der Waals surface area contributed by atoms with E-state index in [2.05, 4.69) is 39.7 Å². The first-order chi connectivity index (χ1) is 12.7. The fraction of sp³-hybridized carbons (Fsp3) is 0.333. The zero-order valence-corrected chi connectivity index (χ0v) is 15.3. The number of hydrogen-bond acceptors (Lipinski definition) is 3. The summed E-state index contributed by atoms with van der Waals surface area (Å²) in [6.45, 7) is 7.09. The van der Waals surface area contributed by atoms with Gasteiger partial charge in [0.15, 0.2) is 0 Å². The van der Waals surface area contributed by atoms with Crippen molar-refractivity contribution in [1.29, 1.82) is 0 Å². The van der Waals surface area contributed by atoms with Gasteiger partial charge in [-0.15, -0.1) is 0 Å². The Morgan fingerprint density at radius 2 is 1.92 bits per heavy atom. The second-order valence-electron chi connectivity index (χ2n) is 6.78. The molecule has 2 aromatic rings. The van der Waals surface area contributed by atoms with Crippen LogP contribution in [0.2, 0.25) is 0 Å². The molecule has 0 unspecified atom stereocenters. The van der Waals surface area contributed by atoms with E-state index in [4.69, 9.17) is 0 Å². The Hall–Kier alpha value is -2.66. The predicted molar refractivity (Wildman–Crippen MR) is 106 cm³/mol. The standard InChI is InChI=1S/C21H26N4O/c1-18-6-5-7-19(16-18)17-22-23-21(26)10-11-24-12-14-25(15-13-24)20-8-3-2-4-9-20/h2-9,16-17H,10-15H2,1H3,(H,23,26)/p+1/b22-17-. The van der Waals surface area contributed by atoms with Gasteiger partial charge >= 0.3 is 0 Å². The van der Waals surface area contributed by atoms with E-state index >= 15 is 0 Å². The van der Waals surface area contributed by atoms with Crippen molar-refractivity contribution in [1.82, 2.24) is 5.43 Å². The first kappa shape index (κ1) is 18.1. The lowest BCUT2D eigenvalue weighted by Crippen LogP contribution is -3.15. The Morgan fingerprint density at radius 3 is 2.65 bits per heavy atom. The monoisotopic (exact) mass is 351 g/mol. The van der Waals surface area contributed by atoms with Crippen molar-refractivity contribution in [2.45, 2.75) is 13.3 Å². The largest absolute Gasteiger partial charge is 0.360 e. The van der Waals surface area contributed by atoms with Crippen molar-refractivity contribution in [2.24, 2.45) is 5.10 Å². The van der Waals surface area contributed by atoms with Crippen LogP contribution < -0.4 is 15.2 Å². The number of para-hydroxylation sites is 1. The highest BCUT2D eigenvalue weighted by Crippen LogP contribution is 2.12. The third-order valence-corrected chi connectivity index (χ3v) is 4.74. The highest BCUT2D eigenvalue weighted by molar-refractivity contribution is 5.82. The molecule has 0 radical (unpaired) electrons. The second kappa shape index (κ2) is 9.15. The van der Waals surface area contributed by atoms with Gasteiger partial charge in [-0.3, -0.25) is 4.79 Å². The fourth-order valence-corrected chi connectivity index (χ4v) is 3.25. The van der Waals surface area contributed by atoms with Crippen molar-refractivity contribution in [3.05, 3.63) is 65.7 Å². The van der Waals surface area contributed by atoms with Gasteiger partial charge in [0.05, 0.1) is 45.4 Å². The highest BCUT2D eigenvalue weighted by Gasteiger charge is 2.20. The summed E-state index contributed by atoms with van der Waals surface area (Å²) in [7, 11) is 0. The van der Waals surface area contributed by atoms with Crippen LogP contribution in [0.3, 0.4) is 0 Å². The molecule has 2 N–H and O–H groups in total. The lowest BCUT2D eigenvalue weighted by atomic mass is 10.2. The first-order valence-electron chi connectivity index (χ1n) is 9.23. The Bertz CT molecular complexity index is 737. The molecular weight excluding hydrogens is 324 g/mol. The number of carbonyl (C=O) groups excluding carboxylic acids is 1. The number of piperazine rings is 1. The molecule has 0 saturated carbocycles. The number of nitrogens with zero attached hydrogens (tertiary/aromatic N) is 2. The van der Waals surface area contributed by atoms with E-state index in [1.54, 1.807) is 6.21 Å². The lowest BCUT2D eigenvalue weighted by molar-refractivity contribution is -0.900. The van der Waals surface area contributed by atoms with Crippen molar-refractivity contribution >= 4 is 17.8 Å². The van der Waals surface area contributed by atoms with Crippen molar-refractivity contribution in [3.63, 3.8) is 0 Å². The minimum Gasteiger partial charge on any atom is -0.360 e. The number of quaternary nitrogens is 1. The van der Waals surface area contributed by atoms with Crippen LogP contribution in [0.4, 0.5) is 5.69 Å². The van der Waals surface area contributed by atoms with E-state index in [-0.39, 0.29) is 5.91 Å². The van der Waals surface area contributed by atoms with Gasteiger partial charge in [-0.05, 0) is 24.6 Å². The van der Waals surface area contributed by atoms with Gasteiger partial charge in [0.25, 0.3) is 0 Å². The normalized spacial score (nSPS) is 15.3. The average Bonchev–Trinajstić information content (AvgIpc) is 2.68. The molecule has 1 heterocycles. The molecule has 5 heteroatoms. The van der Waals surface area contributed by atoms with Crippen LogP contribution >= 0.6 is 0 Å². The summed E-state index contributed by atoms with van der Waals surface area (Å²) in [6, 6.07) is 18.5. The number of amides is 1. The molecule has 5 nitrogen and oxygen atoms in total. The summed E-state index contributed by atoms with van der Waals surface area (Å²) in [5.74, 6) is -0.0214. The summed E-state index contributed by atoms with van der Waals surface area (Å²) in [5, 5.41) is 4.06. The number of aryl methyl sites for hydroxylation is 1. The number of nitrogens with one attached hydrogen (secondary N) is 2. The van der Waals surface area contributed by atoms with Gasteiger partial charge in [-0.2, -0.15) is 5.10 Å². The first-order valence-corrected chi connectivity index (χ1v) is 9.23. The summed E-state index contributed by atoms with van der Waals surface area (Å²) < 4.78 is 0. The maximum absolute atomic E-state index is 12.0. The quantitative estimate of drug-likeness (QED) is 0.608. The molecule has 136 valence electrons. The number of carbonyl (C=O) groups is 1. The van der Waals surface area contributed by atoms with E-state index in [1.165, 1.54) is 16.2 Å². The van der Waals surface area contributed by atoms with E-state index < -0.39 is 0 Å². The number of hydrazone groups is 1. The van der Waals surface area contributed by atoms with Crippen molar-refractivity contribution in [3.8, 4) is 0 Å². The molecule has 2 aromatic carbocycles. The van der Waals surface area contributed by atoms with Gasteiger partial charge in [0.1, 0.15) is 0 Å². The minimum absolute atomic E-state index is 0.0214. The molecule has 0 atom stereocenters. The molecule has 0 bridgehead atoms. The molecular formula is C21H27N4O+. The Balaban J connectivity index is 1.36. The van der Waals surface area contributed by atoms with Crippen LogP contribution in [0.5, 0.6) is 0 Å². The van der Waals surface area contributed by atoms with Crippen LogP contribution in [0, 0.1) is 6.92 Å². The van der Waals surface area contributed by atoms with Crippen LogP contribution in [0.1, 0.15) is 17.5 Å². The zero-order valence-electron chi connectivity index (χ0n) is 15.3. The van der Waals surface area contributed by atoms with Gasteiger partial charge in [-0.1, -0.05) is 48.0 Å². The van der Waals surface area contributed by atoms with Gasteiger partial charge in [0.2, 0.25) is 5.91 Å². The third kappa shape index (κ3) is 5.43. The highest BCUT2D eigenvalue weighted by atomic mass is 16.2. The van der Waals surface area contributed by atoms with Crippen LogP contribution in [0.15, 0.2) is 59.7 Å². The summed E-state index contributed by atoms with van der Waals surface area (Å²) in [5.41, 5.74) is 6.09. The van der Waals surface area contributed by atoms with Gasteiger partial charge in [0, 0.05) is 5.69 Å². The van der Waals surface area contributed by atoms with Crippen molar-refractivity contribution in [2.75, 3.05) is 37.6 Å². The molecule has 1 saturated heterocycles. The molecule has 1 aliphatic heterocycles. The SMILES string of the molecule is Cc1cccc(/C=N\NC(=O)CC[NH+]2CCN(c3ccccc3)CC2)c1. The van der Waals surface area contributed by atoms with E-state index in [0.29, 0.717) is 6.42 Å². The lowest BCUT2D eigenvalue weighted by Gasteiger charge is -2.33. The molecule has 0 aromatic heterocycles. The molecule has 0 spiro atoms. The summed E-state index contributed by atoms with van der Waals surface area (Å²) in [6.07, 6.45) is 2.20. The number of benzene rings is 2. The zero-order chi connectivity index (χ0) is 18.2. The van der Waals surface area contributed by atoms with E-state index in [0.717, 1.165) is 38.3 Å². The van der Waals surface area contributed by atoms with Crippen LogP contribution in [0.25, 0.3) is 0 Å². The fourth-order valence-electron chi connectivity index (χ4n) is 3.25. The molecule has 1 aliphatic rings. The topological polar surface area (TPSA) is 49.1 Å². The number of hydrogen-bond donors (Lipinski definition) is 2. The second-order valence-corrected chi connectivity index (χ2v) is 6.78. The van der Waals surface area contributed by atoms with Crippen LogP contribution in [-0.4, -0.2) is 44.8 Å². The number of anilines is 1. The molecule has 1 fully saturated rings. The van der Waals surface area contributed by atoms with Gasteiger partial charge in [-0.25, -0.2) is 5.43 Å². The molecule has 0 aliphatic carbocycles. The summed E-state index contributed by atoms with van der Waals surface area (Å²) in [4.78, 5) is 15.9. The molecule has 26 heavy (non-hydrogen) atoms. The van der Waals surface area contributed by atoms with Crippen molar-refractivity contribution < 1.29 is 9.69 Å². The van der Waals surface area contributed by atoms with E-state index in [9.17, 15) is 4.79 Å². The maximum atomic E-state index is 12.0. The average molecular weight is 351 g/mol. The Kier molecular flexibility index (Phi) is 6.39. The molecule has 3 rings (SSSR count). The van der Waals surface area contributed by atoms with E-state index in [1.807, 2.05) is 37.3 Å². The summed E-state index contributed by atoms with van der Waals surface area (Å²) >= 11 is 0. The Morgan fingerprint density at radius 1 is 1.15 bits per heavy atom. The third-order valence-electron chi connectivity index (χ3n) is 4.74. The number of rotatable bonds is 6. The molecule has 1 amide bonds. The Labute approximate surface area is 155 Å². The van der Waals surface area contributed by atoms with Gasteiger partial charge < -0.3 is 9.80 Å².